The summed E-state index contributed by atoms with van der Waals surface area (Å²) in [6.45, 7) is 2.77. The van der Waals surface area contributed by atoms with E-state index in [4.69, 9.17) is 9.47 Å². The van der Waals surface area contributed by atoms with Gasteiger partial charge in [0.1, 0.15) is 0 Å². The summed E-state index contributed by atoms with van der Waals surface area (Å²) in [6.07, 6.45) is 7.28. The minimum atomic E-state index is -0.985. The molecule has 0 aromatic rings. The molecule has 0 amide bonds. The Labute approximate surface area is 108 Å². The zero-order valence-corrected chi connectivity index (χ0v) is 11.2. The molecule has 0 N–H and O–H groups in total. The second-order valence-corrected chi connectivity index (χ2v) is 5.54. The van der Waals surface area contributed by atoms with Gasteiger partial charge in [0, 0.05) is 26.2 Å². The van der Waals surface area contributed by atoms with Crippen LogP contribution in [0.2, 0.25) is 0 Å². The van der Waals surface area contributed by atoms with E-state index in [1.54, 1.807) is 0 Å². The first-order valence-electron chi connectivity index (χ1n) is 6.93. The van der Waals surface area contributed by atoms with Gasteiger partial charge < -0.3 is 9.47 Å². The Hall–Kier alpha value is -1.06. The van der Waals surface area contributed by atoms with Crippen molar-refractivity contribution >= 4 is 11.9 Å². The lowest BCUT2D eigenvalue weighted by molar-refractivity contribution is -0.267. The molecule has 0 heterocycles. The van der Waals surface area contributed by atoms with E-state index in [9.17, 15) is 9.59 Å². The summed E-state index contributed by atoms with van der Waals surface area (Å²) in [6, 6.07) is 0. The van der Waals surface area contributed by atoms with E-state index < -0.39 is 5.79 Å². The van der Waals surface area contributed by atoms with Crippen molar-refractivity contribution in [3.8, 4) is 0 Å². The monoisotopic (exact) mass is 254 g/mol. The lowest BCUT2D eigenvalue weighted by Crippen LogP contribution is -2.52. The van der Waals surface area contributed by atoms with Crippen LogP contribution in [0.15, 0.2) is 0 Å². The van der Waals surface area contributed by atoms with Crippen LogP contribution in [-0.2, 0) is 19.1 Å². The highest BCUT2D eigenvalue weighted by atomic mass is 16.7. The smallest absolute Gasteiger partial charge is 0.305 e. The van der Waals surface area contributed by atoms with Gasteiger partial charge in [-0.3, -0.25) is 9.59 Å². The number of rotatable bonds is 2. The maximum Gasteiger partial charge on any atom is 0.305 e. The number of ether oxygens (including phenoxy) is 2. The quantitative estimate of drug-likeness (QED) is 0.561. The average molecular weight is 254 g/mol. The normalized spacial score (nSPS) is 30.1. The van der Waals surface area contributed by atoms with Gasteiger partial charge in [-0.1, -0.05) is 12.8 Å². The minimum absolute atomic E-state index is 0.188. The number of hydrogen-bond acceptors (Lipinski definition) is 4. The molecule has 2 fully saturated rings. The molecule has 18 heavy (non-hydrogen) atoms. The molecule has 0 aromatic carbocycles. The van der Waals surface area contributed by atoms with Crippen molar-refractivity contribution in [3.63, 3.8) is 0 Å². The molecule has 0 spiro atoms. The Balaban J connectivity index is 2.23. The van der Waals surface area contributed by atoms with E-state index in [2.05, 4.69) is 0 Å². The third-order valence-electron chi connectivity index (χ3n) is 4.21. The molecular weight excluding hydrogens is 232 g/mol. The van der Waals surface area contributed by atoms with Gasteiger partial charge >= 0.3 is 11.9 Å². The molecule has 2 aliphatic carbocycles. The predicted molar refractivity (Wildman–Crippen MR) is 65.6 cm³/mol. The minimum Gasteiger partial charge on any atom is -0.422 e. The number of hydrogen-bond donors (Lipinski definition) is 0. The summed E-state index contributed by atoms with van der Waals surface area (Å²) in [5, 5.41) is 0. The van der Waals surface area contributed by atoms with Gasteiger partial charge in [0.15, 0.2) is 0 Å². The van der Waals surface area contributed by atoms with Crippen molar-refractivity contribution in [2.75, 3.05) is 0 Å². The van der Waals surface area contributed by atoms with Gasteiger partial charge in [0.2, 0.25) is 0 Å². The van der Waals surface area contributed by atoms with Crippen molar-refractivity contribution in [2.45, 2.75) is 64.6 Å². The Bertz CT molecular complexity index is 319. The highest BCUT2D eigenvalue weighted by Gasteiger charge is 2.51. The molecule has 4 nitrogen and oxygen atoms in total. The number of fused-ring (bicyclic) bond motifs is 1. The number of esters is 2. The Morgan fingerprint density at radius 3 is 2.11 bits per heavy atom. The predicted octanol–water partition coefficient (Wildman–Crippen LogP) is 2.80. The van der Waals surface area contributed by atoms with Gasteiger partial charge in [0.05, 0.1) is 0 Å². The fraction of sp³-hybridized carbons (Fsp3) is 0.857. The van der Waals surface area contributed by atoms with E-state index in [-0.39, 0.29) is 17.9 Å². The van der Waals surface area contributed by atoms with Crippen molar-refractivity contribution in [3.05, 3.63) is 0 Å². The summed E-state index contributed by atoms with van der Waals surface area (Å²) in [5.74, 6) is -0.981. The molecule has 102 valence electrons. The summed E-state index contributed by atoms with van der Waals surface area (Å²) >= 11 is 0. The van der Waals surface area contributed by atoms with Gasteiger partial charge in [-0.2, -0.15) is 0 Å². The second kappa shape index (κ2) is 5.29. The van der Waals surface area contributed by atoms with E-state index in [0.29, 0.717) is 12.3 Å². The Morgan fingerprint density at radius 1 is 0.944 bits per heavy atom. The van der Waals surface area contributed by atoms with Gasteiger partial charge in [0.25, 0.3) is 5.79 Å². The molecular formula is C14H22O4. The van der Waals surface area contributed by atoms with Crippen LogP contribution in [0.1, 0.15) is 58.8 Å². The SMILES string of the molecule is CC(=O)OC1(OC(C)=O)CCCC2CCCCC21. The van der Waals surface area contributed by atoms with Crippen LogP contribution in [0.25, 0.3) is 0 Å². The summed E-state index contributed by atoms with van der Waals surface area (Å²) in [4.78, 5) is 22.7. The van der Waals surface area contributed by atoms with Crippen molar-refractivity contribution in [1.82, 2.24) is 0 Å². The molecule has 2 aliphatic rings. The molecule has 2 unspecified atom stereocenters. The zero-order valence-electron chi connectivity index (χ0n) is 11.2. The molecule has 4 heteroatoms. The topological polar surface area (TPSA) is 52.6 Å². The maximum absolute atomic E-state index is 11.4. The molecule has 0 aromatic heterocycles. The molecule has 0 saturated heterocycles. The lowest BCUT2D eigenvalue weighted by Gasteiger charge is -2.47. The van der Waals surface area contributed by atoms with Crippen LogP contribution in [-0.4, -0.2) is 17.7 Å². The molecule has 2 saturated carbocycles. The number of carbonyl (C=O) groups is 2. The molecule has 0 bridgehead atoms. The molecule has 0 aliphatic heterocycles. The Morgan fingerprint density at radius 2 is 1.50 bits per heavy atom. The lowest BCUT2D eigenvalue weighted by atomic mass is 9.67. The standard InChI is InChI=1S/C14H22O4/c1-10(15)17-14(18-11(2)16)9-5-7-12-6-3-4-8-13(12)14/h12-13H,3-9H2,1-2H3. The van der Waals surface area contributed by atoms with Crippen LogP contribution < -0.4 is 0 Å². The van der Waals surface area contributed by atoms with Crippen LogP contribution >= 0.6 is 0 Å². The van der Waals surface area contributed by atoms with Crippen LogP contribution in [0.4, 0.5) is 0 Å². The fourth-order valence-electron chi connectivity index (χ4n) is 3.69. The third kappa shape index (κ3) is 2.68. The fourth-order valence-corrected chi connectivity index (χ4v) is 3.69. The first-order valence-corrected chi connectivity index (χ1v) is 6.93. The maximum atomic E-state index is 11.4. The van der Waals surface area contributed by atoms with Crippen molar-refractivity contribution in [1.29, 1.82) is 0 Å². The summed E-state index contributed by atoms with van der Waals surface area (Å²) in [5.41, 5.74) is 0. The summed E-state index contributed by atoms with van der Waals surface area (Å²) in [7, 11) is 0. The first kappa shape index (κ1) is 13.4. The van der Waals surface area contributed by atoms with E-state index in [1.165, 1.54) is 20.3 Å². The van der Waals surface area contributed by atoms with Crippen LogP contribution in [0.5, 0.6) is 0 Å². The second-order valence-electron chi connectivity index (χ2n) is 5.54. The average Bonchev–Trinajstić information content (AvgIpc) is 2.27. The molecule has 2 rings (SSSR count). The van der Waals surface area contributed by atoms with Gasteiger partial charge in [-0.05, 0) is 31.6 Å². The van der Waals surface area contributed by atoms with E-state index in [1.807, 2.05) is 0 Å². The molecule has 2 atom stereocenters. The highest BCUT2D eigenvalue weighted by Crippen LogP contribution is 2.48. The van der Waals surface area contributed by atoms with Crippen LogP contribution in [0, 0.1) is 11.8 Å². The van der Waals surface area contributed by atoms with E-state index >= 15 is 0 Å². The highest BCUT2D eigenvalue weighted by molar-refractivity contribution is 5.69. The Kier molecular flexibility index (Phi) is 3.93. The summed E-state index contributed by atoms with van der Waals surface area (Å²) < 4.78 is 11.0. The zero-order chi connectivity index (χ0) is 13.2. The van der Waals surface area contributed by atoms with Gasteiger partial charge in [-0.25, -0.2) is 0 Å². The third-order valence-corrected chi connectivity index (χ3v) is 4.21. The number of carbonyl (C=O) groups excluding carboxylic acids is 2. The van der Waals surface area contributed by atoms with E-state index in [0.717, 1.165) is 32.1 Å². The van der Waals surface area contributed by atoms with Gasteiger partial charge in [-0.15, -0.1) is 0 Å². The molecule has 0 radical (unpaired) electrons. The van der Waals surface area contributed by atoms with Crippen molar-refractivity contribution in [2.24, 2.45) is 11.8 Å². The first-order chi connectivity index (χ1) is 8.53. The largest absolute Gasteiger partial charge is 0.422 e. The van der Waals surface area contributed by atoms with Crippen molar-refractivity contribution < 1.29 is 19.1 Å². The van der Waals surface area contributed by atoms with Crippen LogP contribution in [0.3, 0.4) is 0 Å².